The molecular formula is C16H18F3N5O2. The molecule has 1 saturated heterocycles. The molecule has 2 amide bonds. The summed E-state index contributed by atoms with van der Waals surface area (Å²) in [5.74, 6) is 0. The first kappa shape index (κ1) is 18.2. The molecule has 1 atom stereocenters. The number of carbonyl (C=O) groups excluding carboxylic acids is 1. The average Bonchev–Trinajstić information content (AvgIpc) is 3.28. The summed E-state index contributed by atoms with van der Waals surface area (Å²) < 4.78 is 46.7. The minimum absolute atomic E-state index is 0.1000. The molecule has 1 aromatic heterocycles. The molecule has 1 aromatic carbocycles. The first-order valence-electron chi connectivity index (χ1n) is 8.16. The van der Waals surface area contributed by atoms with E-state index >= 15 is 0 Å². The van der Waals surface area contributed by atoms with Gasteiger partial charge < -0.3 is 15.4 Å². The lowest BCUT2D eigenvalue weighted by Gasteiger charge is -2.16. The van der Waals surface area contributed by atoms with Crippen LogP contribution in [0.15, 0.2) is 30.9 Å². The Labute approximate surface area is 147 Å². The molecule has 0 unspecified atom stereocenters. The van der Waals surface area contributed by atoms with Gasteiger partial charge >= 0.3 is 12.2 Å². The number of halogens is 3. The number of rotatable bonds is 5. The van der Waals surface area contributed by atoms with E-state index in [-0.39, 0.29) is 17.5 Å². The first-order valence-corrected chi connectivity index (χ1v) is 8.16. The summed E-state index contributed by atoms with van der Waals surface area (Å²) in [6.07, 6.45) is 0.543. The lowest BCUT2D eigenvalue weighted by Crippen LogP contribution is -2.32. The van der Waals surface area contributed by atoms with Crippen molar-refractivity contribution in [2.75, 3.05) is 18.5 Å². The lowest BCUT2D eigenvalue weighted by atomic mass is 10.1. The van der Waals surface area contributed by atoms with Crippen molar-refractivity contribution >= 4 is 11.7 Å². The highest BCUT2D eigenvalue weighted by molar-refractivity contribution is 5.90. The van der Waals surface area contributed by atoms with Crippen molar-refractivity contribution in [3.8, 4) is 5.69 Å². The number of alkyl halides is 3. The number of hydrogen-bond donors (Lipinski definition) is 2. The van der Waals surface area contributed by atoms with Gasteiger partial charge in [-0.1, -0.05) is 0 Å². The minimum Gasteiger partial charge on any atom is -0.378 e. The second kappa shape index (κ2) is 7.73. The van der Waals surface area contributed by atoms with Gasteiger partial charge in [-0.3, -0.25) is 0 Å². The fourth-order valence-corrected chi connectivity index (χ4v) is 2.75. The van der Waals surface area contributed by atoms with Crippen molar-refractivity contribution in [2.45, 2.75) is 31.5 Å². The molecule has 1 fully saturated rings. The quantitative estimate of drug-likeness (QED) is 0.849. The highest BCUT2D eigenvalue weighted by atomic mass is 19.4. The first-order chi connectivity index (χ1) is 12.4. The van der Waals surface area contributed by atoms with Crippen molar-refractivity contribution in [3.63, 3.8) is 0 Å². The van der Waals surface area contributed by atoms with Crippen molar-refractivity contribution < 1.29 is 22.7 Å². The number of benzene rings is 1. The second-order valence-corrected chi connectivity index (χ2v) is 5.87. The van der Waals surface area contributed by atoms with Crippen LogP contribution in [-0.2, 0) is 10.9 Å². The summed E-state index contributed by atoms with van der Waals surface area (Å²) in [5.41, 5.74) is -1.09. The summed E-state index contributed by atoms with van der Waals surface area (Å²) in [6.45, 7) is 1.04. The maximum absolute atomic E-state index is 13.3. The average molecular weight is 369 g/mol. The minimum atomic E-state index is -4.63. The number of aromatic nitrogens is 3. The van der Waals surface area contributed by atoms with Crippen molar-refractivity contribution in [3.05, 3.63) is 36.4 Å². The molecule has 2 N–H and O–H groups in total. The normalized spacial score (nSPS) is 17.3. The smallest absolute Gasteiger partial charge is 0.378 e. The van der Waals surface area contributed by atoms with Gasteiger partial charge in [0.1, 0.15) is 12.7 Å². The highest BCUT2D eigenvalue weighted by Crippen LogP contribution is 2.36. The van der Waals surface area contributed by atoms with Crippen molar-refractivity contribution in [1.29, 1.82) is 0 Å². The molecule has 0 spiro atoms. The maximum atomic E-state index is 13.3. The largest absolute Gasteiger partial charge is 0.418 e. The number of anilines is 1. The molecular weight excluding hydrogens is 351 g/mol. The topological polar surface area (TPSA) is 81.1 Å². The summed E-state index contributed by atoms with van der Waals surface area (Å²) in [7, 11) is 0. The molecule has 10 heteroatoms. The molecule has 2 heterocycles. The van der Waals surface area contributed by atoms with Gasteiger partial charge in [-0.25, -0.2) is 14.5 Å². The van der Waals surface area contributed by atoms with Crippen LogP contribution in [0.2, 0.25) is 0 Å². The Kier molecular flexibility index (Phi) is 5.40. The van der Waals surface area contributed by atoms with Gasteiger partial charge in [-0.05, 0) is 37.5 Å². The molecule has 26 heavy (non-hydrogen) atoms. The molecule has 2 aromatic rings. The third kappa shape index (κ3) is 4.51. The molecule has 0 bridgehead atoms. The predicted molar refractivity (Wildman–Crippen MR) is 87.0 cm³/mol. The van der Waals surface area contributed by atoms with E-state index in [4.69, 9.17) is 4.74 Å². The van der Waals surface area contributed by atoms with Crippen LogP contribution in [-0.4, -0.2) is 40.1 Å². The van der Waals surface area contributed by atoms with E-state index in [1.165, 1.54) is 29.5 Å². The number of hydrogen-bond acceptors (Lipinski definition) is 4. The third-order valence-electron chi connectivity index (χ3n) is 4.02. The van der Waals surface area contributed by atoms with Gasteiger partial charge in [0.15, 0.2) is 0 Å². The zero-order valence-corrected chi connectivity index (χ0v) is 13.8. The van der Waals surface area contributed by atoms with Gasteiger partial charge in [0.2, 0.25) is 0 Å². The number of ether oxygens (including phenoxy) is 1. The van der Waals surface area contributed by atoms with Gasteiger partial charge in [-0.2, -0.15) is 18.3 Å². The molecule has 7 nitrogen and oxygen atoms in total. The van der Waals surface area contributed by atoms with Gasteiger partial charge in [-0.15, -0.1) is 0 Å². The van der Waals surface area contributed by atoms with Gasteiger partial charge in [0, 0.05) is 13.2 Å². The Morgan fingerprint density at radius 2 is 2.23 bits per heavy atom. The molecule has 1 aliphatic heterocycles. The van der Waals surface area contributed by atoms with Crippen LogP contribution in [0.1, 0.15) is 24.8 Å². The molecule has 140 valence electrons. The van der Waals surface area contributed by atoms with E-state index in [1.54, 1.807) is 0 Å². The number of carbonyl (C=O) groups is 1. The third-order valence-corrected chi connectivity index (χ3v) is 4.02. The Morgan fingerprint density at radius 1 is 1.38 bits per heavy atom. The van der Waals surface area contributed by atoms with Crippen LogP contribution in [0.25, 0.3) is 5.69 Å². The van der Waals surface area contributed by atoms with Crippen LogP contribution in [0.3, 0.4) is 0 Å². The zero-order valence-electron chi connectivity index (χ0n) is 13.8. The summed E-state index contributed by atoms with van der Waals surface area (Å²) >= 11 is 0. The molecule has 1 aliphatic rings. The maximum Gasteiger partial charge on any atom is 0.418 e. The van der Waals surface area contributed by atoms with Crippen molar-refractivity contribution in [2.24, 2.45) is 0 Å². The Hall–Kier alpha value is -2.62. The Bertz CT molecular complexity index is 743. The summed E-state index contributed by atoms with van der Waals surface area (Å²) in [5, 5.41) is 8.62. The Morgan fingerprint density at radius 3 is 2.88 bits per heavy atom. The van der Waals surface area contributed by atoms with Crippen LogP contribution in [0, 0.1) is 0 Å². The van der Waals surface area contributed by atoms with E-state index in [0.717, 1.165) is 18.9 Å². The van der Waals surface area contributed by atoms with Crippen molar-refractivity contribution in [1.82, 2.24) is 20.1 Å². The number of urea groups is 1. The highest BCUT2D eigenvalue weighted by Gasteiger charge is 2.34. The van der Waals surface area contributed by atoms with Crippen LogP contribution in [0.4, 0.5) is 23.7 Å². The molecule has 0 saturated carbocycles. The second-order valence-electron chi connectivity index (χ2n) is 5.87. The summed E-state index contributed by atoms with van der Waals surface area (Å²) in [4.78, 5) is 15.6. The van der Waals surface area contributed by atoms with Crippen LogP contribution < -0.4 is 10.6 Å². The van der Waals surface area contributed by atoms with E-state index < -0.39 is 17.8 Å². The number of nitrogens with zero attached hydrogens (tertiary/aromatic N) is 3. The molecule has 0 aliphatic carbocycles. The fourth-order valence-electron chi connectivity index (χ4n) is 2.75. The Balaban J connectivity index is 1.67. The van der Waals surface area contributed by atoms with Gasteiger partial charge in [0.05, 0.1) is 23.0 Å². The monoisotopic (exact) mass is 369 g/mol. The standard InChI is InChI=1S/C16H18F3N5O2/c17-16(18,19)13-8-11(24-10-20-9-22-24)3-4-14(13)23-15(25)21-6-5-12-2-1-7-26-12/h3-4,8-10,12H,1-2,5-7H2,(H2,21,23,25)/t12-/m1/s1. The SMILES string of the molecule is O=C(NCC[C@H]1CCCO1)Nc1ccc(-n2cncn2)cc1C(F)(F)F. The van der Waals surface area contributed by atoms with E-state index in [9.17, 15) is 18.0 Å². The zero-order chi connectivity index (χ0) is 18.6. The number of amides is 2. The van der Waals surface area contributed by atoms with Crippen LogP contribution >= 0.6 is 0 Å². The van der Waals surface area contributed by atoms with Crippen LogP contribution in [0.5, 0.6) is 0 Å². The predicted octanol–water partition coefficient (Wildman–Crippen LogP) is 2.98. The molecule has 3 rings (SSSR count). The fraction of sp³-hybridized carbons (Fsp3) is 0.438. The van der Waals surface area contributed by atoms with E-state index in [2.05, 4.69) is 20.7 Å². The van der Waals surface area contributed by atoms with E-state index in [1.807, 2.05) is 0 Å². The van der Waals surface area contributed by atoms with E-state index in [0.29, 0.717) is 19.6 Å². The summed E-state index contributed by atoms with van der Waals surface area (Å²) in [6, 6.07) is 2.84. The lowest BCUT2D eigenvalue weighted by molar-refractivity contribution is -0.136. The molecule has 0 radical (unpaired) electrons. The number of nitrogens with one attached hydrogen (secondary N) is 2. The van der Waals surface area contributed by atoms with Gasteiger partial charge in [0.25, 0.3) is 0 Å².